The Balaban J connectivity index is 1.72. The zero-order valence-electron chi connectivity index (χ0n) is 19.1. The molecule has 0 aliphatic heterocycles. The van der Waals surface area contributed by atoms with E-state index in [2.05, 4.69) is 21.0 Å². The summed E-state index contributed by atoms with van der Waals surface area (Å²) in [5.74, 6) is 2.21. The van der Waals surface area contributed by atoms with Gasteiger partial charge in [0.25, 0.3) is 5.56 Å². The van der Waals surface area contributed by atoms with Crippen LogP contribution in [0.3, 0.4) is 0 Å². The van der Waals surface area contributed by atoms with Crippen molar-refractivity contribution in [1.82, 2.24) is 9.66 Å². The molecule has 176 valence electrons. The summed E-state index contributed by atoms with van der Waals surface area (Å²) in [5.41, 5.74) is 1.47. The number of para-hydroxylation sites is 1. The largest absolute Gasteiger partial charge is 0.496 e. The van der Waals surface area contributed by atoms with Crippen molar-refractivity contribution in [2.45, 2.75) is 0 Å². The van der Waals surface area contributed by atoms with Gasteiger partial charge in [-0.25, -0.2) is 4.98 Å². The number of benzene rings is 3. The maximum absolute atomic E-state index is 13.5. The standard InChI is InChI=1S/C26H20BrN3O5/c1-32-21-13-23(34-3)22(33-2)12-16(21)14-28-30-25(29-19-7-5-4-6-18(19)26(30)31)24-11-15-10-17(27)8-9-20(15)35-24/h4-14H,1-3H3. The molecule has 0 fully saturated rings. The smallest absolute Gasteiger partial charge is 0.282 e. The van der Waals surface area contributed by atoms with Crippen LogP contribution in [0.4, 0.5) is 0 Å². The van der Waals surface area contributed by atoms with Crippen LogP contribution in [0.5, 0.6) is 17.2 Å². The molecule has 3 aromatic carbocycles. The molecule has 0 aliphatic carbocycles. The maximum Gasteiger partial charge on any atom is 0.282 e. The van der Waals surface area contributed by atoms with Crippen LogP contribution in [0.1, 0.15) is 5.56 Å². The first kappa shape index (κ1) is 22.7. The van der Waals surface area contributed by atoms with Gasteiger partial charge in [-0.2, -0.15) is 9.78 Å². The fraction of sp³-hybridized carbons (Fsp3) is 0.115. The summed E-state index contributed by atoms with van der Waals surface area (Å²) in [5, 5.41) is 5.81. The van der Waals surface area contributed by atoms with Crippen LogP contribution in [-0.2, 0) is 0 Å². The highest BCUT2D eigenvalue weighted by Crippen LogP contribution is 2.34. The number of hydrogen-bond donors (Lipinski definition) is 0. The summed E-state index contributed by atoms with van der Waals surface area (Å²) in [6.07, 6.45) is 1.52. The number of furan rings is 1. The second kappa shape index (κ2) is 9.27. The normalized spacial score (nSPS) is 11.4. The molecule has 2 heterocycles. The van der Waals surface area contributed by atoms with Gasteiger partial charge in [-0.15, -0.1) is 0 Å². The van der Waals surface area contributed by atoms with Gasteiger partial charge in [0.2, 0.25) is 5.82 Å². The highest BCUT2D eigenvalue weighted by molar-refractivity contribution is 9.10. The minimum Gasteiger partial charge on any atom is -0.496 e. The maximum atomic E-state index is 13.5. The van der Waals surface area contributed by atoms with Crippen molar-refractivity contribution in [2.24, 2.45) is 5.10 Å². The van der Waals surface area contributed by atoms with Gasteiger partial charge in [-0.1, -0.05) is 28.1 Å². The number of fused-ring (bicyclic) bond motifs is 2. The first-order valence-corrected chi connectivity index (χ1v) is 11.4. The predicted octanol–water partition coefficient (Wildman–Crippen LogP) is 5.48. The summed E-state index contributed by atoms with van der Waals surface area (Å²) < 4.78 is 24.4. The van der Waals surface area contributed by atoms with E-state index in [0.717, 1.165) is 9.86 Å². The van der Waals surface area contributed by atoms with Gasteiger partial charge in [-0.3, -0.25) is 4.79 Å². The minimum absolute atomic E-state index is 0.275. The lowest BCUT2D eigenvalue weighted by Gasteiger charge is -2.12. The van der Waals surface area contributed by atoms with E-state index < -0.39 is 0 Å². The Morgan fingerprint density at radius 1 is 0.943 bits per heavy atom. The van der Waals surface area contributed by atoms with Gasteiger partial charge in [0.15, 0.2) is 17.3 Å². The zero-order chi connectivity index (χ0) is 24.5. The van der Waals surface area contributed by atoms with Crippen molar-refractivity contribution in [3.63, 3.8) is 0 Å². The van der Waals surface area contributed by atoms with E-state index in [1.165, 1.54) is 10.9 Å². The fourth-order valence-corrected chi connectivity index (χ4v) is 4.17. The van der Waals surface area contributed by atoms with Crippen molar-refractivity contribution < 1.29 is 18.6 Å². The van der Waals surface area contributed by atoms with Gasteiger partial charge in [0.1, 0.15) is 11.3 Å². The molecule has 0 N–H and O–H groups in total. The van der Waals surface area contributed by atoms with Gasteiger partial charge in [-0.05, 0) is 42.5 Å². The average molecular weight is 534 g/mol. The molecule has 0 saturated carbocycles. The van der Waals surface area contributed by atoms with Crippen LogP contribution in [0.15, 0.2) is 79.4 Å². The molecule has 5 rings (SSSR count). The number of ether oxygens (including phenoxy) is 3. The lowest BCUT2D eigenvalue weighted by molar-refractivity contribution is 0.349. The Kier molecular flexibility index (Phi) is 6.00. The number of rotatable bonds is 6. The second-order valence-electron chi connectivity index (χ2n) is 7.56. The third-order valence-corrected chi connectivity index (χ3v) is 5.99. The van der Waals surface area contributed by atoms with Crippen LogP contribution in [0.25, 0.3) is 33.5 Å². The molecule has 0 radical (unpaired) electrons. The fourth-order valence-electron chi connectivity index (χ4n) is 3.79. The van der Waals surface area contributed by atoms with Crippen molar-refractivity contribution in [1.29, 1.82) is 0 Å². The minimum atomic E-state index is -0.331. The molecule has 9 heteroatoms. The molecule has 0 bridgehead atoms. The molecule has 0 atom stereocenters. The molecule has 2 aromatic heterocycles. The van der Waals surface area contributed by atoms with Crippen LogP contribution >= 0.6 is 15.9 Å². The van der Waals surface area contributed by atoms with Crippen LogP contribution < -0.4 is 19.8 Å². The lowest BCUT2D eigenvalue weighted by atomic mass is 10.2. The van der Waals surface area contributed by atoms with Gasteiger partial charge in [0, 0.05) is 21.5 Å². The van der Waals surface area contributed by atoms with Gasteiger partial charge >= 0.3 is 0 Å². The molecule has 35 heavy (non-hydrogen) atoms. The highest BCUT2D eigenvalue weighted by Gasteiger charge is 2.17. The Bertz CT molecular complexity index is 1660. The summed E-state index contributed by atoms with van der Waals surface area (Å²) in [6, 6.07) is 18.0. The van der Waals surface area contributed by atoms with Crippen molar-refractivity contribution in [3.05, 3.63) is 81.1 Å². The van der Waals surface area contributed by atoms with E-state index in [-0.39, 0.29) is 11.4 Å². The second-order valence-corrected chi connectivity index (χ2v) is 8.47. The Labute approximate surface area is 208 Å². The number of nitrogens with zero attached hydrogens (tertiary/aromatic N) is 3. The number of methoxy groups -OCH3 is 3. The predicted molar refractivity (Wildman–Crippen MR) is 138 cm³/mol. The van der Waals surface area contributed by atoms with Crippen LogP contribution in [0.2, 0.25) is 0 Å². The molecule has 0 spiro atoms. The average Bonchev–Trinajstić information content (AvgIpc) is 3.30. The quantitative estimate of drug-likeness (QED) is 0.268. The van der Waals surface area contributed by atoms with Crippen molar-refractivity contribution in [2.75, 3.05) is 21.3 Å². The zero-order valence-corrected chi connectivity index (χ0v) is 20.7. The Morgan fingerprint density at radius 2 is 1.69 bits per heavy atom. The van der Waals surface area contributed by atoms with E-state index in [1.54, 1.807) is 51.7 Å². The summed E-state index contributed by atoms with van der Waals surface area (Å²) in [4.78, 5) is 18.2. The Hall–Kier alpha value is -4.11. The third-order valence-electron chi connectivity index (χ3n) is 5.50. The lowest BCUT2D eigenvalue weighted by Crippen LogP contribution is -2.20. The topological polar surface area (TPSA) is 88.1 Å². The molecule has 0 unspecified atom stereocenters. The van der Waals surface area contributed by atoms with Crippen LogP contribution in [0, 0.1) is 0 Å². The summed E-state index contributed by atoms with van der Waals surface area (Å²) >= 11 is 3.48. The number of hydrogen-bond acceptors (Lipinski definition) is 7. The van der Waals surface area contributed by atoms with Crippen molar-refractivity contribution >= 4 is 44.0 Å². The first-order valence-electron chi connectivity index (χ1n) is 10.6. The van der Waals surface area contributed by atoms with E-state index >= 15 is 0 Å². The van der Waals surface area contributed by atoms with Gasteiger partial charge < -0.3 is 18.6 Å². The molecule has 8 nitrogen and oxygen atoms in total. The summed E-state index contributed by atoms with van der Waals surface area (Å²) in [7, 11) is 4.63. The summed E-state index contributed by atoms with van der Waals surface area (Å²) in [6.45, 7) is 0. The molecule has 0 aliphatic rings. The number of halogens is 1. The first-order chi connectivity index (χ1) is 17.0. The molecule has 0 amide bonds. The van der Waals surface area contributed by atoms with E-state index in [9.17, 15) is 4.79 Å². The highest BCUT2D eigenvalue weighted by atomic mass is 79.9. The monoisotopic (exact) mass is 533 g/mol. The van der Waals surface area contributed by atoms with E-state index in [0.29, 0.717) is 45.1 Å². The molecular weight excluding hydrogens is 514 g/mol. The van der Waals surface area contributed by atoms with Crippen molar-refractivity contribution in [3.8, 4) is 28.8 Å². The molecule has 5 aromatic rings. The molecule has 0 saturated heterocycles. The Morgan fingerprint density at radius 3 is 2.46 bits per heavy atom. The number of aromatic nitrogens is 2. The van der Waals surface area contributed by atoms with Gasteiger partial charge in [0.05, 0.1) is 38.4 Å². The van der Waals surface area contributed by atoms with Crippen LogP contribution in [-0.4, -0.2) is 37.2 Å². The molecular formula is C26H20BrN3O5. The van der Waals surface area contributed by atoms with E-state index in [4.69, 9.17) is 23.6 Å². The van der Waals surface area contributed by atoms with E-state index in [1.807, 2.05) is 30.3 Å². The SMILES string of the molecule is COc1cc(OC)c(OC)cc1C=Nn1c(-c2cc3cc(Br)ccc3o2)nc2ccccc2c1=O. The third kappa shape index (κ3) is 4.15.